The van der Waals surface area contributed by atoms with Crippen molar-refractivity contribution in [3.8, 4) is 5.75 Å². The molecule has 0 unspecified atom stereocenters. The fourth-order valence-electron chi connectivity index (χ4n) is 2.11. The molecule has 0 atom stereocenters. The first-order chi connectivity index (χ1) is 9.66. The van der Waals surface area contributed by atoms with Gasteiger partial charge in [0.15, 0.2) is 0 Å². The molecule has 0 saturated carbocycles. The molecular weight excluding hydrogens is 263 g/mol. The van der Waals surface area contributed by atoms with E-state index in [4.69, 9.17) is 4.74 Å². The van der Waals surface area contributed by atoms with Crippen molar-refractivity contribution < 1.29 is 19.0 Å². The van der Waals surface area contributed by atoms with Gasteiger partial charge in [-0.25, -0.2) is 4.39 Å². The molecular formula is C14H19FN2O3. The second-order valence-corrected chi connectivity index (χ2v) is 4.72. The van der Waals surface area contributed by atoms with E-state index >= 15 is 0 Å². The highest BCUT2D eigenvalue weighted by molar-refractivity contribution is 5.96. The zero-order chi connectivity index (χ0) is 14.4. The predicted molar refractivity (Wildman–Crippen MR) is 72.3 cm³/mol. The number of nitrogens with one attached hydrogen (secondary N) is 1. The number of nitrogens with zero attached hydrogens (tertiary/aromatic N) is 1. The highest BCUT2D eigenvalue weighted by Gasteiger charge is 2.12. The van der Waals surface area contributed by atoms with Crippen molar-refractivity contribution in [3.63, 3.8) is 0 Å². The van der Waals surface area contributed by atoms with Crippen molar-refractivity contribution in [1.29, 1.82) is 0 Å². The lowest BCUT2D eigenvalue weighted by atomic mass is 10.2. The minimum Gasteiger partial charge on any atom is -0.507 e. The number of ether oxygens (including phenoxy) is 1. The molecule has 2 rings (SSSR count). The summed E-state index contributed by atoms with van der Waals surface area (Å²) in [7, 11) is 0. The van der Waals surface area contributed by atoms with Gasteiger partial charge in [0.2, 0.25) is 0 Å². The van der Waals surface area contributed by atoms with Crippen molar-refractivity contribution >= 4 is 5.91 Å². The van der Waals surface area contributed by atoms with E-state index in [0.717, 1.165) is 51.4 Å². The van der Waals surface area contributed by atoms with Crippen LogP contribution in [0.25, 0.3) is 0 Å². The van der Waals surface area contributed by atoms with Crippen LogP contribution in [0.15, 0.2) is 18.2 Å². The molecule has 1 aromatic carbocycles. The van der Waals surface area contributed by atoms with Crippen molar-refractivity contribution in [2.24, 2.45) is 0 Å². The summed E-state index contributed by atoms with van der Waals surface area (Å²) in [5, 5.41) is 12.2. The van der Waals surface area contributed by atoms with Crippen LogP contribution in [0.2, 0.25) is 0 Å². The number of phenolic OH excluding ortho intramolecular Hbond substituents is 1. The van der Waals surface area contributed by atoms with Gasteiger partial charge >= 0.3 is 0 Å². The van der Waals surface area contributed by atoms with Crippen molar-refractivity contribution in [2.75, 3.05) is 39.4 Å². The number of hydrogen-bond donors (Lipinski definition) is 2. The minimum absolute atomic E-state index is 0.0311. The summed E-state index contributed by atoms with van der Waals surface area (Å²) in [6.07, 6.45) is 0.807. The van der Waals surface area contributed by atoms with E-state index < -0.39 is 11.7 Å². The Morgan fingerprint density at radius 1 is 1.40 bits per heavy atom. The van der Waals surface area contributed by atoms with E-state index in [0.29, 0.717) is 6.54 Å². The number of morpholine rings is 1. The Hall–Kier alpha value is -1.66. The second-order valence-electron chi connectivity index (χ2n) is 4.72. The van der Waals surface area contributed by atoms with E-state index in [1.54, 1.807) is 0 Å². The molecule has 110 valence electrons. The maximum atomic E-state index is 13.0. The number of carbonyl (C=O) groups excluding carboxylic acids is 1. The van der Waals surface area contributed by atoms with Gasteiger partial charge in [-0.2, -0.15) is 0 Å². The van der Waals surface area contributed by atoms with E-state index in [-0.39, 0.29) is 11.3 Å². The number of hydrogen-bond acceptors (Lipinski definition) is 4. The molecule has 0 bridgehead atoms. The molecule has 1 fully saturated rings. The number of amides is 1. The molecule has 20 heavy (non-hydrogen) atoms. The summed E-state index contributed by atoms with van der Waals surface area (Å²) < 4.78 is 18.3. The van der Waals surface area contributed by atoms with Crippen LogP contribution < -0.4 is 5.32 Å². The molecule has 0 spiro atoms. The maximum Gasteiger partial charge on any atom is 0.255 e. The summed E-state index contributed by atoms with van der Waals surface area (Å²) in [5.74, 6) is -1.21. The van der Waals surface area contributed by atoms with Gasteiger partial charge in [-0.15, -0.1) is 0 Å². The molecule has 1 aliphatic rings. The molecule has 0 radical (unpaired) electrons. The quantitative estimate of drug-likeness (QED) is 0.790. The maximum absolute atomic E-state index is 13.0. The predicted octanol–water partition coefficient (Wildman–Crippen LogP) is 0.983. The lowest BCUT2D eigenvalue weighted by molar-refractivity contribution is 0.0374. The molecule has 5 nitrogen and oxygen atoms in total. The third kappa shape index (κ3) is 4.18. The molecule has 2 N–H and O–H groups in total. The van der Waals surface area contributed by atoms with Crippen LogP contribution in [0.5, 0.6) is 5.75 Å². The average Bonchev–Trinajstić information content (AvgIpc) is 2.47. The van der Waals surface area contributed by atoms with E-state index in [9.17, 15) is 14.3 Å². The first-order valence-corrected chi connectivity index (χ1v) is 6.73. The SMILES string of the molecule is O=C(NCCCN1CCOCC1)c1cc(F)ccc1O. The standard InChI is InChI=1S/C14H19FN2O3/c15-11-2-3-13(18)12(10-11)14(19)16-4-1-5-17-6-8-20-9-7-17/h2-3,10,18H,1,4-9H2,(H,16,19). The van der Waals surface area contributed by atoms with Crippen molar-refractivity contribution in [2.45, 2.75) is 6.42 Å². The smallest absolute Gasteiger partial charge is 0.255 e. The van der Waals surface area contributed by atoms with Gasteiger partial charge in [-0.1, -0.05) is 0 Å². The molecule has 1 heterocycles. The van der Waals surface area contributed by atoms with Crippen LogP contribution in [0, 0.1) is 5.82 Å². The van der Waals surface area contributed by atoms with Gasteiger partial charge in [0.25, 0.3) is 5.91 Å². The first-order valence-electron chi connectivity index (χ1n) is 6.73. The normalized spacial score (nSPS) is 16.1. The van der Waals surface area contributed by atoms with Gasteiger partial charge in [-0.05, 0) is 31.2 Å². The summed E-state index contributed by atoms with van der Waals surface area (Å²) in [6, 6.07) is 3.33. The van der Waals surface area contributed by atoms with Crippen LogP contribution in [-0.4, -0.2) is 55.3 Å². The largest absolute Gasteiger partial charge is 0.507 e. The molecule has 1 amide bonds. The Labute approximate surface area is 117 Å². The van der Waals surface area contributed by atoms with Gasteiger partial charge in [0.1, 0.15) is 11.6 Å². The fraction of sp³-hybridized carbons (Fsp3) is 0.500. The third-order valence-corrected chi connectivity index (χ3v) is 3.24. The summed E-state index contributed by atoms with van der Waals surface area (Å²) in [5.41, 5.74) is -0.0311. The van der Waals surface area contributed by atoms with Crippen LogP contribution in [-0.2, 0) is 4.74 Å². The Morgan fingerprint density at radius 2 is 2.15 bits per heavy atom. The molecule has 1 aromatic rings. The second kappa shape index (κ2) is 7.21. The Balaban J connectivity index is 1.73. The lowest BCUT2D eigenvalue weighted by Crippen LogP contribution is -2.38. The molecule has 0 aliphatic carbocycles. The average molecular weight is 282 g/mol. The van der Waals surface area contributed by atoms with Crippen LogP contribution >= 0.6 is 0 Å². The van der Waals surface area contributed by atoms with Gasteiger partial charge in [0.05, 0.1) is 18.8 Å². The number of rotatable bonds is 5. The molecule has 1 saturated heterocycles. The molecule has 6 heteroatoms. The minimum atomic E-state index is -0.540. The van der Waals surface area contributed by atoms with Gasteiger partial charge in [-0.3, -0.25) is 9.69 Å². The van der Waals surface area contributed by atoms with E-state index in [2.05, 4.69) is 10.2 Å². The van der Waals surface area contributed by atoms with E-state index in [1.807, 2.05) is 0 Å². The van der Waals surface area contributed by atoms with Crippen molar-refractivity contribution in [3.05, 3.63) is 29.6 Å². The highest BCUT2D eigenvalue weighted by atomic mass is 19.1. The van der Waals surface area contributed by atoms with Crippen LogP contribution in [0.1, 0.15) is 16.8 Å². The van der Waals surface area contributed by atoms with Crippen LogP contribution in [0.4, 0.5) is 4.39 Å². The Morgan fingerprint density at radius 3 is 2.90 bits per heavy atom. The Bertz CT molecular complexity index is 462. The number of carbonyl (C=O) groups is 1. The first kappa shape index (κ1) is 14.7. The number of halogens is 1. The molecule has 1 aliphatic heterocycles. The lowest BCUT2D eigenvalue weighted by Gasteiger charge is -2.26. The zero-order valence-corrected chi connectivity index (χ0v) is 11.3. The van der Waals surface area contributed by atoms with Crippen LogP contribution in [0.3, 0.4) is 0 Å². The summed E-state index contributed by atoms with van der Waals surface area (Å²) >= 11 is 0. The van der Waals surface area contributed by atoms with Crippen molar-refractivity contribution in [1.82, 2.24) is 10.2 Å². The monoisotopic (exact) mass is 282 g/mol. The highest BCUT2D eigenvalue weighted by Crippen LogP contribution is 2.17. The summed E-state index contributed by atoms with van der Waals surface area (Å²) in [6.45, 7) is 4.72. The number of aromatic hydroxyl groups is 1. The summed E-state index contributed by atoms with van der Waals surface area (Å²) in [4.78, 5) is 14.1. The van der Waals surface area contributed by atoms with Gasteiger partial charge in [0, 0.05) is 19.6 Å². The van der Waals surface area contributed by atoms with E-state index in [1.165, 1.54) is 6.07 Å². The zero-order valence-electron chi connectivity index (χ0n) is 11.3. The number of phenols is 1. The third-order valence-electron chi connectivity index (χ3n) is 3.24. The molecule has 0 aromatic heterocycles. The fourth-order valence-corrected chi connectivity index (χ4v) is 2.11. The van der Waals surface area contributed by atoms with Gasteiger partial charge < -0.3 is 15.2 Å². The Kier molecular flexibility index (Phi) is 5.31. The topological polar surface area (TPSA) is 61.8 Å². The number of benzene rings is 1.